The van der Waals surface area contributed by atoms with Gasteiger partial charge in [0.15, 0.2) is 0 Å². The smallest absolute Gasteiger partial charge is 0.233 e. The molecule has 114 valence electrons. The predicted octanol–water partition coefficient (Wildman–Crippen LogP) is 0.798. The fourth-order valence-electron chi connectivity index (χ4n) is 2.25. The van der Waals surface area contributed by atoms with Crippen molar-refractivity contribution in [2.75, 3.05) is 45.7 Å². The van der Waals surface area contributed by atoms with Crippen molar-refractivity contribution >= 4 is 17.5 Å². The van der Waals surface area contributed by atoms with E-state index in [0.29, 0.717) is 24.5 Å². The van der Waals surface area contributed by atoms with Crippen LogP contribution in [-0.2, 0) is 9.59 Å². The fourth-order valence-corrected chi connectivity index (χ4v) is 2.25. The first-order valence-corrected chi connectivity index (χ1v) is 6.99. The third-order valence-electron chi connectivity index (χ3n) is 3.55. The second-order valence-corrected chi connectivity index (χ2v) is 5.11. The van der Waals surface area contributed by atoms with E-state index in [4.69, 9.17) is 4.74 Å². The number of amides is 2. The molecule has 0 radical (unpaired) electrons. The molecule has 0 aromatic heterocycles. The van der Waals surface area contributed by atoms with Crippen LogP contribution in [0.2, 0.25) is 0 Å². The molecule has 0 aliphatic carbocycles. The number of hydrogen-bond acceptors (Lipinski definition) is 4. The summed E-state index contributed by atoms with van der Waals surface area (Å²) in [5, 5.41) is 2.72. The topological polar surface area (TPSA) is 61.9 Å². The first-order chi connectivity index (χ1) is 10.1. The number of nitrogens with one attached hydrogen (secondary N) is 1. The van der Waals surface area contributed by atoms with E-state index in [2.05, 4.69) is 10.2 Å². The summed E-state index contributed by atoms with van der Waals surface area (Å²) in [6, 6.07) is 7.14. The number of anilines is 1. The zero-order chi connectivity index (χ0) is 15.2. The van der Waals surface area contributed by atoms with Gasteiger partial charge < -0.3 is 19.9 Å². The quantitative estimate of drug-likeness (QED) is 0.834. The summed E-state index contributed by atoms with van der Waals surface area (Å²) in [6.07, 6.45) is -0.137. The highest BCUT2D eigenvalue weighted by molar-refractivity contribution is 6.04. The minimum Gasteiger partial charge on any atom is -0.495 e. The maximum Gasteiger partial charge on any atom is 0.233 e. The lowest BCUT2D eigenvalue weighted by molar-refractivity contribution is -0.135. The summed E-state index contributed by atoms with van der Waals surface area (Å²) in [6.45, 7) is 3.05. The number of ether oxygens (including phenoxy) is 1. The summed E-state index contributed by atoms with van der Waals surface area (Å²) in [7, 11) is 3.57. The minimum absolute atomic E-state index is 0.129. The number of carbonyl (C=O) groups is 2. The van der Waals surface area contributed by atoms with E-state index in [-0.39, 0.29) is 18.2 Å². The molecule has 2 rings (SSSR count). The van der Waals surface area contributed by atoms with Crippen molar-refractivity contribution < 1.29 is 14.3 Å². The number of benzene rings is 1. The highest BCUT2D eigenvalue weighted by Gasteiger charge is 2.21. The van der Waals surface area contributed by atoms with Crippen molar-refractivity contribution in [2.45, 2.75) is 6.42 Å². The van der Waals surface area contributed by atoms with Gasteiger partial charge in [0.2, 0.25) is 11.8 Å². The number of likely N-dealkylation sites (N-methyl/N-ethyl adjacent to an activating group) is 1. The van der Waals surface area contributed by atoms with E-state index in [1.54, 1.807) is 30.2 Å². The van der Waals surface area contributed by atoms with Gasteiger partial charge in [0.25, 0.3) is 0 Å². The van der Waals surface area contributed by atoms with Crippen LogP contribution in [0, 0.1) is 0 Å². The van der Waals surface area contributed by atoms with Crippen LogP contribution >= 0.6 is 0 Å². The Morgan fingerprint density at radius 1 is 1.19 bits per heavy atom. The molecular weight excluding hydrogens is 270 g/mol. The summed E-state index contributed by atoms with van der Waals surface area (Å²) < 4.78 is 5.16. The molecule has 0 atom stereocenters. The van der Waals surface area contributed by atoms with Gasteiger partial charge in [0, 0.05) is 26.2 Å². The van der Waals surface area contributed by atoms with Gasteiger partial charge >= 0.3 is 0 Å². The number of carbonyl (C=O) groups excluding carboxylic acids is 2. The van der Waals surface area contributed by atoms with Gasteiger partial charge in [-0.25, -0.2) is 0 Å². The van der Waals surface area contributed by atoms with E-state index in [0.717, 1.165) is 13.1 Å². The van der Waals surface area contributed by atoms with Crippen molar-refractivity contribution in [2.24, 2.45) is 0 Å². The SMILES string of the molecule is COc1ccccc1NC(=O)CC(=O)N1CCN(C)CC1. The molecule has 0 spiro atoms. The molecule has 1 heterocycles. The highest BCUT2D eigenvalue weighted by Crippen LogP contribution is 2.23. The average Bonchev–Trinajstić information content (AvgIpc) is 2.48. The Hall–Kier alpha value is -2.08. The van der Waals surface area contributed by atoms with Crippen LogP contribution in [0.1, 0.15) is 6.42 Å². The van der Waals surface area contributed by atoms with Crippen LogP contribution in [0.4, 0.5) is 5.69 Å². The summed E-state index contributed by atoms with van der Waals surface area (Å²) >= 11 is 0. The van der Waals surface area contributed by atoms with E-state index >= 15 is 0 Å². The molecule has 1 aliphatic rings. The average molecular weight is 291 g/mol. The van der Waals surface area contributed by atoms with Gasteiger partial charge in [0.05, 0.1) is 12.8 Å². The predicted molar refractivity (Wildman–Crippen MR) is 80.3 cm³/mol. The number of piperazine rings is 1. The van der Waals surface area contributed by atoms with E-state index in [9.17, 15) is 9.59 Å². The Morgan fingerprint density at radius 2 is 1.86 bits per heavy atom. The monoisotopic (exact) mass is 291 g/mol. The molecule has 21 heavy (non-hydrogen) atoms. The maximum absolute atomic E-state index is 12.1. The second kappa shape index (κ2) is 7.08. The number of para-hydroxylation sites is 2. The standard InChI is InChI=1S/C15H21N3O3/c1-17-7-9-18(10-8-17)15(20)11-14(19)16-12-5-3-4-6-13(12)21-2/h3-6H,7-11H2,1-2H3,(H,16,19). The molecule has 1 aromatic rings. The molecule has 6 heteroatoms. The molecule has 1 saturated heterocycles. The largest absolute Gasteiger partial charge is 0.495 e. The van der Waals surface area contributed by atoms with Gasteiger partial charge in [0.1, 0.15) is 12.2 Å². The Kier molecular flexibility index (Phi) is 5.16. The van der Waals surface area contributed by atoms with Crippen molar-refractivity contribution in [1.82, 2.24) is 9.80 Å². The Balaban J connectivity index is 1.88. The van der Waals surface area contributed by atoms with Gasteiger partial charge in [-0.1, -0.05) is 12.1 Å². The van der Waals surface area contributed by atoms with Crippen LogP contribution in [0.25, 0.3) is 0 Å². The summed E-state index contributed by atoms with van der Waals surface area (Å²) in [4.78, 5) is 28.0. The molecule has 2 amide bonds. The third-order valence-corrected chi connectivity index (χ3v) is 3.55. The number of rotatable bonds is 4. The molecule has 0 bridgehead atoms. The summed E-state index contributed by atoms with van der Waals surface area (Å²) in [5.41, 5.74) is 0.580. The van der Waals surface area contributed by atoms with Gasteiger partial charge in [-0.15, -0.1) is 0 Å². The zero-order valence-corrected chi connectivity index (χ0v) is 12.5. The van der Waals surface area contributed by atoms with Gasteiger partial charge in [-0.2, -0.15) is 0 Å². The number of nitrogens with zero attached hydrogens (tertiary/aromatic N) is 2. The first-order valence-electron chi connectivity index (χ1n) is 6.99. The van der Waals surface area contributed by atoms with Crippen molar-refractivity contribution in [3.63, 3.8) is 0 Å². The van der Waals surface area contributed by atoms with Crippen LogP contribution in [0.5, 0.6) is 5.75 Å². The fraction of sp³-hybridized carbons (Fsp3) is 0.467. The zero-order valence-electron chi connectivity index (χ0n) is 12.5. The van der Waals surface area contributed by atoms with E-state index in [1.807, 2.05) is 13.1 Å². The van der Waals surface area contributed by atoms with E-state index in [1.165, 1.54) is 0 Å². The van der Waals surface area contributed by atoms with Crippen LogP contribution < -0.4 is 10.1 Å². The molecule has 1 N–H and O–H groups in total. The Morgan fingerprint density at radius 3 is 2.52 bits per heavy atom. The Labute approximate surface area is 124 Å². The van der Waals surface area contributed by atoms with Crippen LogP contribution in [0.15, 0.2) is 24.3 Å². The van der Waals surface area contributed by atoms with Crippen molar-refractivity contribution in [3.8, 4) is 5.75 Å². The molecule has 1 aromatic carbocycles. The maximum atomic E-state index is 12.1. The lowest BCUT2D eigenvalue weighted by atomic mass is 10.2. The van der Waals surface area contributed by atoms with E-state index < -0.39 is 0 Å². The molecule has 6 nitrogen and oxygen atoms in total. The lowest BCUT2D eigenvalue weighted by Gasteiger charge is -2.32. The highest BCUT2D eigenvalue weighted by atomic mass is 16.5. The molecule has 1 aliphatic heterocycles. The third kappa shape index (κ3) is 4.19. The van der Waals surface area contributed by atoms with Crippen molar-refractivity contribution in [1.29, 1.82) is 0 Å². The van der Waals surface area contributed by atoms with Gasteiger partial charge in [-0.3, -0.25) is 9.59 Å². The normalized spacial score (nSPS) is 15.6. The molecule has 0 unspecified atom stereocenters. The minimum atomic E-state index is -0.316. The summed E-state index contributed by atoms with van der Waals surface area (Å²) in [5.74, 6) is 0.136. The van der Waals surface area contributed by atoms with Crippen LogP contribution in [-0.4, -0.2) is 62.0 Å². The first kappa shape index (κ1) is 15.3. The van der Waals surface area contributed by atoms with Crippen LogP contribution in [0.3, 0.4) is 0 Å². The van der Waals surface area contributed by atoms with Gasteiger partial charge in [-0.05, 0) is 19.2 Å². The molecule has 0 saturated carbocycles. The lowest BCUT2D eigenvalue weighted by Crippen LogP contribution is -2.47. The second-order valence-electron chi connectivity index (χ2n) is 5.11. The Bertz CT molecular complexity index is 511. The molecule has 1 fully saturated rings. The number of hydrogen-bond donors (Lipinski definition) is 1. The molecular formula is C15H21N3O3. The number of methoxy groups -OCH3 is 1. The van der Waals surface area contributed by atoms with Crippen molar-refractivity contribution in [3.05, 3.63) is 24.3 Å².